The molecule has 28 heavy (non-hydrogen) atoms. The number of aromatic carboxylic acids is 1. The van der Waals surface area contributed by atoms with Crippen LogP contribution in [-0.2, 0) is 4.74 Å². The maximum absolute atomic E-state index is 12.3. The van der Waals surface area contributed by atoms with Crippen molar-refractivity contribution in [2.75, 3.05) is 17.7 Å². The summed E-state index contributed by atoms with van der Waals surface area (Å²) in [5.74, 6) is -0.963. The third kappa shape index (κ3) is 4.24. The number of nitrogen functional groups attached to an aromatic ring is 1. The van der Waals surface area contributed by atoms with Crippen molar-refractivity contribution < 1.29 is 19.4 Å². The fraction of sp³-hybridized carbons (Fsp3) is 0.100. The van der Waals surface area contributed by atoms with Gasteiger partial charge in [0, 0.05) is 23.1 Å². The van der Waals surface area contributed by atoms with Crippen molar-refractivity contribution in [1.82, 2.24) is 9.97 Å². The Morgan fingerprint density at radius 1 is 1.18 bits per heavy atom. The van der Waals surface area contributed by atoms with E-state index in [4.69, 9.17) is 15.6 Å². The summed E-state index contributed by atoms with van der Waals surface area (Å²) >= 11 is 0. The Bertz CT molecular complexity index is 1020. The van der Waals surface area contributed by atoms with Gasteiger partial charge in [0.25, 0.3) is 0 Å². The molecular formula is C20H18N4O4. The molecule has 8 nitrogen and oxygen atoms in total. The molecule has 3 aromatic rings. The molecule has 0 atom stereocenters. The lowest BCUT2D eigenvalue weighted by Gasteiger charge is -2.12. The molecule has 3 rings (SSSR count). The lowest BCUT2D eigenvalue weighted by molar-refractivity contribution is 0.0526. The maximum Gasteiger partial charge on any atom is 0.343 e. The highest BCUT2D eigenvalue weighted by atomic mass is 16.5. The van der Waals surface area contributed by atoms with Crippen molar-refractivity contribution in [3.05, 3.63) is 65.9 Å². The van der Waals surface area contributed by atoms with Gasteiger partial charge in [0.1, 0.15) is 11.4 Å². The number of ether oxygens (including phenoxy) is 1. The van der Waals surface area contributed by atoms with Gasteiger partial charge in [-0.3, -0.25) is 0 Å². The highest BCUT2D eigenvalue weighted by Crippen LogP contribution is 2.24. The molecule has 0 bridgehead atoms. The molecule has 8 heteroatoms. The van der Waals surface area contributed by atoms with Gasteiger partial charge in [-0.15, -0.1) is 0 Å². The van der Waals surface area contributed by atoms with Gasteiger partial charge in [-0.2, -0.15) is 0 Å². The summed E-state index contributed by atoms with van der Waals surface area (Å²) in [7, 11) is 0. The molecule has 0 unspecified atom stereocenters. The van der Waals surface area contributed by atoms with Gasteiger partial charge in [-0.05, 0) is 43.3 Å². The van der Waals surface area contributed by atoms with Crippen molar-refractivity contribution in [2.24, 2.45) is 0 Å². The molecule has 1 aromatic heterocycles. The van der Waals surface area contributed by atoms with Crippen LogP contribution in [0.5, 0.6) is 0 Å². The zero-order chi connectivity index (χ0) is 20.1. The smallest absolute Gasteiger partial charge is 0.343 e. The predicted molar refractivity (Wildman–Crippen MR) is 105 cm³/mol. The van der Waals surface area contributed by atoms with Crippen LogP contribution in [0.25, 0.3) is 11.4 Å². The third-order valence-corrected chi connectivity index (χ3v) is 3.82. The SMILES string of the molecule is CCOC(=O)c1cnc(-c2cccc(N)c2)nc1Nc1ccc(C(=O)O)cc1. The fourth-order valence-electron chi connectivity index (χ4n) is 2.49. The van der Waals surface area contributed by atoms with Crippen molar-refractivity contribution in [3.8, 4) is 11.4 Å². The molecule has 0 saturated carbocycles. The highest BCUT2D eigenvalue weighted by Gasteiger charge is 2.17. The Morgan fingerprint density at radius 3 is 2.57 bits per heavy atom. The predicted octanol–water partition coefficient (Wildman–Crippen LogP) is 3.34. The number of carboxylic acid groups (broad SMARTS) is 1. The minimum absolute atomic E-state index is 0.152. The number of nitrogens with two attached hydrogens (primary N) is 1. The first-order chi connectivity index (χ1) is 13.5. The molecule has 0 aliphatic heterocycles. The van der Waals surface area contributed by atoms with Crippen molar-refractivity contribution in [2.45, 2.75) is 6.92 Å². The molecule has 0 fully saturated rings. The molecule has 4 N–H and O–H groups in total. The van der Waals surface area contributed by atoms with E-state index in [-0.39, 0.29) is 23.6 Å². The molecule has 0 radical (unpaired) electrons. The molecule has 0 saturated heterocycles. The van der Waals surface area contributed by atoms with Crippen LogP contribution in [-0.4, -0.2) is 33.6 Å². The molecule has 0 amide bonds. The van der Waals surface area contributed by atoms with E-state index in [1.54, 1.807) is 43.3 Å². The average molecular weight is 378 g/mol. The van der Waals surface area contributed by atoms with E-state index < -0.39 is 11.9 Å². The third-order valence-electron chi connectivity index (χ3n) is 3.82. The largest absolute Gasteiger partial charge is 0.478 e. The van der Waals surface area contributed by atoms with Crippen LogP contribution in [0.15, 0.2) is 54.7 Å². The number of carbonyl (C=O) groups excluding carboxylic acids is 1. The van der Waals surface area contributed by atoms with Gasteiger partial charge in [-0.1, -0.05) is 12.1 Å². The first-order valence-electron chi connectivity index (χ1n) is 8.48. The number of hydrogen-bond donors (Lipinski definition) is 3. The molecule has 0 spiro atoms. The zero-order valence-corrected chi connectivity index (χ0v) is 15.0. The first kappa shape index (κ1) is 18.8. The second kappa shape index (κ2) is 8.17. The summed E-state index contributed by atoms with van der Waals surface area (Å²) in [6.07, 6.45) is 1.39. The van der Waals surface area contributed by atoms with Crippen molar-refractivity contribution >= 4 is 29.1 Å². The maximum atomic E-state index is 12.3. The van der Waals surface area contributed by atoms with Crippen LogP contribution in [0.1, 0.15) is 27.6 Å². The van der Waals surface area contributed by atoms with E-state index in [1.165, 1.54) is 18.3 Å². The van der Waals surface area contributed by atoms with E-state index >= 15 is 0 Å². The molecule has 1 heterocycles. The molecule has 0 aliphatic carbocycles. The lowest BCUT2D eigenvalue weighted by atomic mass is 10.1. The summed E-state index contributed by atoms with van der Waals surface area (Å²) in [6, 6.07) is 13.1. The van der Waals surface area contributed by atoms with Gasteiger partial charge in [0.15, 0.2) is 5.82 Å². The quantitative estimate of drug-likeness (QED) is 0.440. The Kier molecular flexibility index (Phi) is 5.50. The summed E-state index contributed by atoms with van der Waals surface area (Å²) in [5.41, 5.74) is 7.96. The molecule has 0 aliphatic rings. The number of carboxylic acids is 1. The number of anilines is 3. The molecular weight excluding hydrogens is 360 g/mol. The number of aromatic nitrogens is 2. The second-order valence-corrected chi connectivity index (χ2v) is 5.81. The highest BCUT2D eigenvalue weighted by molar-refractivity contribution is 5.95. The van der Waals surface area contributed by atoms with E-state index in [1.807, 2.05) is 0 Å². The van der Waals surface area contributed by atoms with Crippen LogP contribution in [0, 0.1) is 0 Å². The van der Waals surface area contributed by atoms with Crippen LogP contribution < -0.4 is 11.1 Å². The zero-order valence-electron chi connectivity index (χ0n) is 15.0. The van der Waals surface area contributed by atoms with Crippen LogP contribution in [0.2, 0.25) is 0 Å². The summed E-state index contributed by atoms with van der Waals surface area (Å²) in [6.45, 7) is 1.92. The minimum Gasteiger partial charge on any atom is -0.478 e. The Balaban J connectivity index is 2.00. The van der Waals surface area contributed by atoms with Crippen molar-refractivity contribution in [1.29, 1.82) is 0 Å². The Morgan fingerprint density at radius 2 is 1.93 bits per heavy atom. The number of hydrogen-bond acceptors (Lipinski definition) is 7. The van der Waals surface area contributed by atoms with Gasteiger partial charge in [0.2, 0.25) is 0 Å². The minimum atomic E-state index is -1.02. The second-order valence-electron chi connectivity index (χ2n) is 5.81. The van der Waals surface area contributed by atoms with Crippen LogP contribution >= 0.6 is 0 Å². The number of carbonyl (C=O) groups is 2. The van der Waals surface area contributed by atoms with Crippen molar-refractivity contribution in [3.63, 3.8) is 0 Å². The monoisotopic (exact) mass is 378 g/mol. The van der Waals surface area contributed by atoms with Gasteiger partial charge < -0.3 is 20.9 Å². The van der Waals surface area contributed by atoms with E-state index in [0.717, 1.165) is 0 Å². The van der Waals surface area contributed by atoms with Gasteiger partial charge in [0.05, 0.1) is 12.2 Å². The summed E-state index contributed by atoms with van der Waals surface area (Å²) in [5, 5.41) is 12.0. The Labute approximate surface area is 161 Å². The van der Waals surface area contributed by atoms with E-state index in [0.29, 0.717) is 22.8 Å². The van der Waals surface area contributed by atoms with Crippen LogP contribution in [0.3, 0.4) is 0 Å². The fourth-order valence-corrected chi connectivity index (χ4v) is 2.49. The number of nitrogens with zero attached hydrogens (tertiary/aromatic N) is 2. The Hall–Kier alpha value is -3.94. The number of rotatable bonds is 6. The standard InChI is InChI=1S/C20H18N4O4/c1-2-28-20(27)16-11-22-17(13-4-3-5-14(21)10-13)24-18(16)23-15-8-6-12(7-9-15)19(25)26/h3-11H,2,21H2,1H3,(H,25,26)(H,22,23,24). The summed E-state index contributed by atoms with van der Waals surface area (Å²) < 4.78 is 5.06. The van der Waals surface area contributed by atoms with Gasteiger partial charge >= 0.3 is 11.9 Å². The normalized spacial score (nSPS) is 10.3. The summed E-state index contributed by atoms with van der Waals surface area (Å²) in [4.78, 5) is 32.0. The average Bonchev–Trinajstić information content (AvgIpc) is 2.68. The number of esters is 1. The molecule has 142 valence electrons. The van der Waals surface area contributed by atoms with E-state index in [9.17, 15) is 9.59 Å². The topological polar surface area (TPSA) is 127 Å². The van der Waals surface area contributed by atoms with Crippen LogP contribution in [0.4, 0.5) is 17.2 Å². The molecule has 2 aromatic carbocycles. The van der Waals surface area contributed by atoms with E-state index in [2.05, 4.69) is 15.3 Å². The van der Waals surface area contributed by atoms with Gasteiger partial charge in [-0.25, -0.2) is 19.6 Å². The first-order valence-corrected chi connectivity index (χ1v) is 8.48. The lowest BCUT2D eigenvalue weighted by Crippen LogP contribution is -2.11. The number of benzene rings is 2. The number of nitrogens with one attached hydrogen (secondary N) is 1.